The number of hydrogen-bond donors (Lipinski definition) is 0. The first-order chi connectivity index (χ1) is 7.22. The summed E-state index contributed by atoms with van der Waals surface area (Å²) in [5.74, 6) is -0.620. The normalized spacial score (nSPS) is 10.2. The summed E-state index contributed by atoms with van der Waals surface area (Å²) in [6, 6.07) is 6.78. The Bertz CT molecular complexity index is 525. The van der Waals surface area contributed by atoms with Gasteiger partial charge in [0.1, 0.15) is 5.52 Å². The predicted octanol–water partition coefficient (Wildman–Crippen LogP) is 0.655. The lowest BCUT2D eigenvalue weighted by atomic mass is 10.3. The van der Waals surface area contributed by atoms with Crippen LogP contribution in [0.25, 0.3) is 11.0 Å². The number of rotatable bonds is 1. The quantitative estimate of drug-likeness (QED) is 0.388. The van der Waals surface area contributed by atoms with Crippen LogP contribution in [0.1, 0.15) is 10.5 Å². The molecule has 1 aromatic carbocycles. The van der Waals surface area contributed by atoms with Crippen molar-refractivity contribution in [2.45, 2.75) is 0 Å². The molecule has 1 aromatic heterocycles. The maximum atomic E-state index is 11.5. The fraction of sp³-hybridized carbons (Fsp3) is 0.100. The average molecular weight is 204 g/mol. The van der Waals surface area contributed by atoms with Crippen molar-refractivity contribution in [3.63, 3.8) is 0 Å². The summed E-state index contributed by atoms with van der Waals surface area (Å²) in [6.07, 6.45) is 1.11. The van der Waals surface area contributed by atoms with E-state index in [1.807, 2.05) is 0 Å². The third-order valence-corrected chi connectivity index (χ3v) is 1.99. The van der Waals surface area contributed by atoms with E-state index in [9.17, 15) is 10.0 Å². The number of benzene rings is 1. The Morgan fingerprint density at radius 3 is 2.93 bits per heavy atom. The standard InChI is InChI=1S/C10H8N2O3/c1-15-10(13)8-6-12(14)9-5-3-2-4-7(9)11-8/h2-6H,1H3. The Morgan fingerprint density at radius 1 is 1.47 bits per heavy atom. The van der Waals surface area contributed by atoms with Gasteiger partial charge < -0.3 is 9.94 Å². The first-order valence-electron chi connectivity index (χ1n) is 4.29. The lowest BCUT2D eigenvalue weighted by Gasteiger charge is -2.02. The molecule has 0 unspecified atom stereocenters. The summed E-state index contributed by atoms with van der Waals surface area (Å²) in [4.78, 5) is 15.2. The molecule has 0 amide bonds. The highest BCUT2D eigenvalue weighted by molar-refractivity contribution is 5.88. The fourth-order valence-electron chi connectivity index (χ4n) is 1.29. The van der Waals surface area contributed by atoms with Crippen molar-refractivity contribution in [2.24, 2.45) is 0 Å². The molecule has 5 nitrogen and oxygen atoms in total. The van der Waals surface area contributed by atoms with Gasteiger partial charge in [-0.3, -0.25) is 0 Å². The molecule has 0 aliphatic carbocycles. The Hall–Kier alpha value is -2.17. The number of methoxy groups -OCH3 is 1. The van der Waals surface area contributed by atoms with Crippen LogP contribution in [-0.4, -0.2) is 18.1 Å². The molecule has 2 rings (SSSR count). The second-order valence-electron chi connectivity index (χ2n) is 2.93. The maximum Gasteiger partial charge on any atom is 0.363 e. The van der Waals surface area contributed by atoms with E-state index in [1.165, 1.54) is 7.11 Å². The van der Waals surface area contributed by atoms with E-state index in [2.05, 4.69) is 9.72 Å². The molecule has 15 heavy (non-hydrogen) atoms. The molecule has 0 bridgehead atoms. The number of esters is 1. The van der Waals surface area contributed by atoms with Gasteiger partial charge in [-0.25, -0.2) is 9.78 Å². The number of aromatic nitrogens is 2. The average Bonchev–Trinajstić information content (AvgIpc) is 2.28. The fourth-order valence-corrected chi connectivity index (χ4v) is 1.29. The molecule has 0 spiro atoms. The molecule has 0 aliphatic heterocycles. The van der Waals surface area contributed by atoms with Crippen molar-refractivity contribution >= 4 is 17.0 Å². The molecule has 0 aliphatic rings. The Kier molecular flexibility index (Phi) is 2.21. The van der Waals surface area contributed by atoms with E-state index in [0.717, 1.165) is 6.20 Å². The van der Waals surface area contributed by atoms with Crippen molar-refractivity contribution in [1.82, 2.24) is 4.98 Å². The zero-order valence-corrected chi connectivity index (χ0v) is 8.01. The van der Waals surface area contributed by atoms with Crippen molar-refractivity contribution < 1.29 is 14.3 Å². The molecule has 1 heterocycles. The highest BCUT2D eigenvalue weighted by Gasteiger charge is 2.14. The Balaban J connectivity index is 2.67. The lowest BCUT2D eigenvalue weighted by Crippen LogP contribution is -2.29. The molecule has 76 valence electrons. The van der Waals surface area contributed by atoms with E-state index < -0.39 is 5.97 Å². The minimum Gasteiger partial charge on any atom is -0.618 e. The van der Waals surface area contributed by atoms with Gasteiger partial charge in [0, 0.05) is 6.07 Å². The van der Waals surface area contributed by atoms with Crippen molar-refractivity contribution in [3.05, 3.63) is 41.4 Å². The van der Waals surface area contributed by atoms with Gasteiger partial charge in [-0.1, -0.05) is 12.1 Å². The van der Waals surface area contributed by atoms with Crippen molar-refractivity contribution in [3.8, 4) is 0 Å². The van der Waals surface area contributed by atoms with Crippen LogP contribution in [0.5, 0.6) is 0 Å². The summed E-state index contributed by atoms with van der Waals surface area (Å²) < 4.78 is 5.09. The van der Waals surface area contributed by atoms with Gasteiger partial charge in [-0.15, -0.1) is 0 Å². The number of hydrogen-bond acceptors (Lipinski definition) is 4. The Morgan fingerprint density at radius 2 is 2.20 bits per heavy atom. The van der Waals surface area contributed by atoms with Gasteiger partial charge in [0.05, 0.1) is 7.11 Å². The summed E-state index contributed by atoms with van der Waals surface area (Å²) in [7, 11) is 1.24. The van der Waals surface area contributed by atoms with E-state index in [0.29, 0.717) is 15.8 Å². The highest BCUT2D eigenvalue weighted by atomic mass is 16.5. The van der Waals surface area contributed by atoms with Crippen LogP contribution in [0.2, 0.25) is 0 Å². The summed E-state index contributed by atoms with van der Waals surface area (Å²) in [6.45, 7) is 0. The van der Waals surface area contributed by atoms with Gasteiger partial charge in [-0.2, -0.15) is 4.73 Å². The number of para-hydroxylation sites is 2. The molecule has 2 aromatic rings. The molecule has 0 fully saturated rings. The van der Waals surface area contributed by atoms with Crippen molar-refractivity contribution in [2.75, 3.05) is 7.11 Å². The van der Waals surface area contributed by atoms with Gasteiger partial charge in [-0.05, 0) is 6.07 Å². The van der Waals surface area contributed by atoms with E-state index >= 15 is 0 Å². The molecule has 0 atom stereocenters. The largest absolute Gasteiger partial charge is 0.618 e. The van der Waals surface area contributed by atoms with Gasteiger partial charge in [0.2, 0.25) is 17.4 Å². The minimum absolute atomic E-state index is 0.00574. The first-order valence-corrected chi connectivity index (χ1v) is 4.29. The summed E-state index contributed by atoms with van der Waals surface area (Å²) in [5.41, 5.74) is 0.895. The number of carbonyl (C=O) groups excluding carboxylic acids is 1. The monoisotopic (exact) mass is 204 g/mol. The number of nitrogens with zero attached hydrogens (tertiary/aromatic N) is 2. The highest BCUT2D eigenvalue weighted by Crippen LogP contribution is 2.07. The number of carbonyl (C=O) groups is 1. The molecule has 0 saturated carbocycles. The third kappa shape index (κ3) is 1.59. The van der Waals surface area contributed by atoms with Crippen LogP contribution in [0.4, 0.5) is 0 Å². The lowest BCUT2D eigenvalue weighted by molar-refractivity contribution is -0.577. The SMILES string of the molecule is COC(=O)c1c[n+]([O-])c2ccccc2n1. The van der Waals surface area contributed by atoms with Crippen LogP contribution in [0, 0.1) is 5.21 Å². The molecule has 5 heteroatoms. The topological polar surface area (TPSA) is 66.1 Å². The van der Waals surface area contributed by atoms with Crippen LogP contribution < -0.4 is 4.73 Å². The summed E-state index contributed by atoms with van der Waals surface area (Å²) >= 11 is 0. The minimum atomic E-state index is -0.620. The molecular weight excluding hydrogens is 196 g/mol. The molecule has 0 N–H and O–H groups in total. The maximum absolute atomic E-state index is 11.5. The van der Waals surface area contributed by atoms with Gasteiger partial charge >= 0.3 is 5.97 Å². The predicted molar refractivity (Wildman–Crippen MR) is 52.0 cm³/mol. The second-order valence-corrected chi connectivity index (χ2v) is 2.93. The van der Waals surface area contributed by atoms with Gasteiger partial charge in [0.15, 0.2) is 0 Å². The van der Waals surface area contributed by atoms with Crippen LogP contribution >= 0.6 is 0 Å². The zero-order chi connectivity index (χ0) is 10.8. The van der Waals surface area contributed by atoms with E-state index in [-0.39, 0.29) is 5.69 Å². The number of ether oxygens (including phenoxy) is 1. The molecular formula is C10H8N2O3. The molecule has 0 saturated heterocycles. The van der Waals surface area contributed by atoms with E-state index in [1.54, 1.807) is 24.3 Å². The molecule has 0 radical (unpaired) electrons. The summed E-state index contributed by atoms with van der Waals surface area (Å²) in [5, 5.41) is 11.5. The zero-order valence-electron chi connectivity index (χ0n) is 8.01. The van der Waals surface area contributed by atoms with Crippen LogP contribution in [-0.2, 0) is 4.74 Å². The van der Waals surface area contributed by atoms with Crippen LogP contribution in [0.3, 0.4) is 0 Å². The van der Waals surface area contributed by atoms with Gasteiger partial charge in [0.25, 0.3) is 0 Å². The Labute approximate surface area is 85.5 Å². The van der Waals surface area contributed by atoms with Crippen molar-refractivity contribution in [1.29, 1.82) is 0 Å². The third-order valence-electron chi connectivity index (χ3n) is 1.99. The first kappa shape index (κ1) is 9.39. The van der Waals surface area contributed by atoms with E-state index in [4.69, 9.17) is 0 Å². The smallest absolute Gasteiger partial charge is 0.363 e. The second kappa shape index (κ2) is 3.53. The number of fused-ring (bicyclic) bond motifs is 1. The van der Waals surface area contributed by atoms with Crippen LogP contribution in [0.15, 0.2) is 30.5 Å².